The Hall–Kier alpha value is -1.65. The molecule has 1 amide bonds. The van der Waals surface area contributed by atoms with Crippen molar-refractivity contribution in [3.05, 3.63) is 28.2 Å². The number of carbonyl (C=O) groups excluding carboxylic acids is 1. The lowest BCUT2D eigenvalue weighted by molar-refractivity contribution is -0.128. The molecule has 1 atom stereocenters. The molecule has 2 heterocycles. The summed E-state index contributed by atoms with van der Waals surface area (Å²) in [6, 6.07) is 3.23. The smallest absolute Gasteiger partial charge is 0.266 e. The SMILES string of the molecule is CC.Cc1ccc(=O)n(CC2CC(=O)N2)n1. The van der Waals surface area contributed by atoms with Gasteiger partial charge in [0.1, 0.15) is 0 Å². The normalized spacial score (nSPS) is 17.9. The number of carbonyl (C=O) groups is 1. The number of hydrogen-bond donors (Lipinski definition) is 1. The van der Waals surface area contributed by atoms with E-state index in [0.29, 0.717) is 13.0 Å². The molecule has 1 aromatic heterocycles. The van der Waals surface area contributed by atoms with E-state index in [2.05, 4.69) is 10.4 Å². The third kappa shape index (κ3) is 2.92. The zero-order valence-electron chi connectivity index (χ0n) is 9.86. The first-order valence-corrected chi connectivity index (χ1v) is 5.49. The molecule has 1 fully saturated rings. The molecule has 1 N–H and O–H groups in total. The fourth-order valence-corrected chi connectivity index (χ4v) is 1.43. The quantitative estimate of drug-likeness (QED) is 0.741. The van der Waals surface area contributed by atoms with Crippen molar-refractivity contribution in [3.8, 4) is 0 Å². The van der Waals surface area contributed by atoms with Crippen molar-refractivity contribution in [1.82, 2.24) is 15.1 Å². The van der Waals surface area contributed by atoms with Crippen molar-refractivity contribution in [2.24, 2.45) is 0 Å². The summed E-state index contributed by atoms with van der Waals surface area (Å²) in [6.07, 6.45) is 0.488. The first-order valence-electron chi connectivity index (χ1n) is 5.49. The number of nitrogens with zero attached hydrogens (tertiary/aromatic N) is 2. The van der Waals surface area contributed by atoms with Crippen LogP contribution >= 0.6 is 0 Å². The van der Waals surface area contributed by atoms with Gasteiger partial charge in [0.05, 0.1) is 18.3 Å². The standard InChI is InChI=1S/C9H11N3O2.C2H6/c1-6-2-3-9(14)12(11-6)5-7-4-8(13)10-7;1-2/h2-3,7H,4-5H2,1H3,(H,10,13);1-2H3. The molecular formula is C11H17N3O2. The summed E-state index contributed by atoms with van der Waals surface area (Å²) in [6.45, 7) is 6.29. The Bertz CT molecular complexity index is 417. The van der Waals surface area contributed by atoms with E-state index in [9.17, 15) is 9.59 Å². The lowest BCUT2D eigenvalue weighted by Gasteiger charge is -2.26. The van der Waals surface area contributed by atoms with Gasteiger partial charge in [0.15, 0.2) is 0 Å². The molecule has 16 heavy (non-hydrogen) atoms. The molecule has 0 aromatic carbocycles. The molecule has 1 aromatic rings. The van der Waals surface area contributed by atoms with Crippen LogP contribution in [0.15, 0.2) is 16.9 Å². The number of amides is 1. The van der Waals surface area contributed by atoms with Crippen LogP contribution in [-0.2, 0) is 11.3 Å². The number of nitrogens with one attached hydrogen (secondary N) is 1. The maximum atomic E-state index is 11.3. The Morgan fingerprint density at radius 2 is 2.06 bits per heavy atom. The summed E-state index contributed by atoms with van der Waals surface area (Å²) >= 11 is 0. The maximum Gasteiger partial charge on any atom is 0.266 e. The van der Waals surface area contributed by atoms with Crippen molar-refractivity contribution in [1.29, 1.82) is 0 Å². The lowest BCUT2D eigenvalue weighted by Crippen LogP contribution is -2.52. The molecule has 1 unspecified atom stereocenters. The van der Waals surface area contributed by atoms with E-state index in [1.54, 1.807) is 6.07 Å². The van der Waals surface area contributed by atoms with E-state index in [-0.39, 0.29) is 17.5 Å². The average molecular weight is 223 g/mol. The van der Waals surface area contributed by atoms with Crippen molar-refractivity contribution >= 4 is 5.91 Å². The predicted octanol–water partition coefficient (Wildman–Crippen LogP) is 0.466. The molecule has 2 rings (SSSR count). The minimum absolute atomic E-state index is 0.0377. The zero-order chi connectivity index (χ0) is 12.1. The van der Waals surface area contributed by atoms with E-state index < -0.39 is 0 Å². The second kappa shape index (κ2) is 5.44. The second-order valence-corrected chi connectivity index (χ2v) is 3.46. The Morgan fingerprint density at radius 1 is 1.44 bits per heavy atom. The Kier molecular flexibility index (Phi) is 4.22. The Morgan fingerprint density at radius 3 is 2.62 bits per heavy atom. The topological polar surface area (TPSA) is 64.0 Å². The first-order chi connectivity index (χ1) is 7.65. The highest BCUT2D eigenvalue weighted by molar-refractivity contribution is 5.82. The van der Waals surface area contributed by atoms with E-state index >= 15 is 0 Å². The third-order valence-electron chi connectivity index (χ3n) is 2.19. The number of rotatable bonds is 2. The predicted molar refractivity (Wildman–Crippen MR) is 61.1 cm³/mol. The molecule has 88 valence electrons. The molecule has 0 saturated carbocycles. The van der Waals surface area contributed by atoms with Crippen LogP contribution in [0.25, 0.3) is 0 Å². The summed E-state index contributed by atoms with van der Waals surface area (Å²) < 4.78 is 1.39. The molecule has 1 aliphatic rings. The summed E-state index contributed by atoms with van der Waals surface area (Å²) in [7, 11) is 0. The summed E-state index contributed by atoms with van der Waals surface area (Å²) in [5.74, 6) is 0.0377. The molecule has 0 bridgehead atoms. The van der Waals surface area contributed by atoms with Crippen LogP contribution in [0.5, 0.6) is 0 Å². The third-order valence-corrected chi connectivity index (χ3v) is 2.19. The molecule has 5 heteroatoms. The van der Waals surface area contributed by atoms with Crippen LogP contribution in [-0.4, -0.2) is 21.7 Å². The zero-order valence-corrected chi connectivity index (χ0v) is 9.86. The molecule has 0 radical (unpaired) electrons. The van der Waals surface area contributed by atoms with Crippen molar-refractivity contribution in [2.75, 3.05) is 0 Å². The van der Waals surface area contributed by atoms with Crippen LogP contribution in [0.4, 0.5) is 0 Å². The number of aryl methyl sites for hydroxylation is 1. The fourth-order valence-electron chi connectivity index (χ4n) is 1.43. The van der Waals surface area contributed by atoms with E-state index in [1.807, 2.05) is 20.8 Å². The van der Waals surface area contributed by atoms with Gasteiger partial charge in [0, 0.05) is 12.5 Å². The van der Waals surface area contributed by atoms with Gasteiger partial charge in [-0.1, -0.05) is 13.8 Å². The molecule has 1 aliphatic heterocycles. The van der Waals surface area contributed by atoms with Crippen molar-refractivity contribution < 1.29 is 4.79 Å². The molecule has 0 spiro atoms. The molecule has 1 saturated heterocycles. The van der Waals surface area contributed by atoms with Gasteiger partial charge in [-0.25, -0.2) is 4.68 Å². The van der Waals surface area contributed by atoms with E-state index in [4.69, 9.17) is 0 Å². The lowest BCUT2D eigenvalue weighted by atomic mass is 10.1. The van der Waals surface area contributed by atoms with Gasteiger partial charge >= 0.3 is 0 Å². The number of hydrogen-bond acceptors (Lipinski definition) is 3. The van der Waals surface area contributed by atoms with Gasteiger partial charge in [-0.05, 0) is 13.0 Å². The van der Waals surface area contributed by atoms with Gasteiger partial charge in [0.25, 0.3) is 5.56 Å². The summed E-state index contributed by atoms with van der Waals surface area (Å²) in [5, 5.41) is 6.77. The van der Waals surface area contributed by atoms with Gasteiger partial charge in [-0.2, -0.15) is 5.10 Å². The van der Waals surface area contributed by atoms with Crippen LogP contribution in [0.2, 0.25) is 0 Å². The van der Waals surface area contributed by atoms with E-state index in [1.165, 1.54) is 10.7 Å². The van der Waals surface area contributed by atoms with Crippen molar-refractivity contribution in [2.45, 2.75) is 39.8 Å². The summed E-state index contributed by atoms with van der Waals surface area (Å²) in [5.41, 5.74) is 0.673. The largest absolute Gasteiger partial charge is 0.351 e. The van der Waals surface area contributed by atoms with Crippen LogP contribution in [0, 0.1) is 6.92 Å². The van der Waals surface area contributed by atoms with Gasteiger partial charge in [0.2, 0.25) is 5.91 Å². The maximum absolute atomic E-state index is 11.3. The minimum atomic E-state index is -0.128. The van der Waals surface area contributed by atoms with Gasteiger partial charge in [-0.3, -0.25) is 9.59 Å². The summed E-state index contributed by atoms with van der Waals surface area (Å²) in [4.78, 5) is 21.9. The Labute approximate surface area is 94.5 Å². The molecular weight excluding hydrogens is 206 g/mol. The fraction of sp³-hybridized carbons (Fsp3) is 0.545. The van der Waals surface area contributed by atoms with Crippen molar-refractivity contribution in [3.63, 3.8) is 0 Å². The second-order valence-electron chi connectivity index (χ2n) is 3.46. The molecule has 5 nitrogen and oxygen atoms in total. The Balaban J connectivity index is 0.000000606. The number of β-lactam (4-membered cyclic amide) rings is 1. The van der Waals surface area contributed by atoms with Crippen LogP contribution < -0.4 is 10.9 Å². The van der Waals surface area contributed by atoms with E-state index in [0.717, 1.165) is 5.69 Å². The number of aromatic nitrogens is 2. The minimum Gasteiger partial charge on any atom is -0.351 e. The van der Waals surface area contributed by atoms with Gasteiger partial charge in [-0.15, -0.1) is 0 Å². The first kappa shape index (κ1) is 12.4. The highest BCUT2D eigenvalue weighted by Crippen LogP contribution is 2.04. The highest BCUT2D eigenvalue weighted by Gasteiger charge is 2.25. The van der Waals surface area contributed by atoms with Gasteiger partial charge < -0.3 is 5.32 Å². The average Bonchev–Trinajstić information content (AvgIpc) is 2.24. The molecule has 0 aliphatic carbocycles. The highest BCUT2D eigenvalue weighted by atomic mass is 16.2. The van der Waals surface area contributed by atoms with Crippen LogP contribution in [0.3, 0.4) is 0 Å². The van der Waals surface area contributed by atoms with Crippen LogP contribution in [0.1, 0.15) is 26.0 Å². The monoisotopic (exact) mass is 223 g/mol.